The lowest BCUT2D eigenvalue weighted by atomic mass is 10.0. The van der Waals surface area contributed by atoms with Crippen LogP contribution in [0.1, 0.15) is 57.4 Å². The molecule has 1 saturated heterocycles. The molecule has 4 nitrogen and oxygen atoms in total. The lowest BCUT2D eigenvalue weighted by molar-refractivity contribution is -0.121. The predicted molar refractivity (Wildman–Crippen MR) is 110 cm³/mol. The number of Topliss-reactive ketones (excluding diaryl/α,β-unsaturated/α-hetero) is 1. The Kier molecular flexibility index (Phi) is 6.80. The first-order chi connectivity index (χ1) is 13.0. The summed E-state index contributed by atoms with van der Waals surface area (Å²) in [6.07, 6.45) is 2.94. The molecule has 1 aromatic heterocycles. The van der Waals surface area contributed by atoms with Crippen LogP contribution in [0.5, 0.6) is 0 Å². The molecule has 2 aromatic rings. The summed E-state index contributed by atoms with van der Waals surface area (Å²) in [6.45, 7) is 6.71. The van der Waals surface area contributed by atoms with Gasteiger partial charge in [0.15, 0.2) is 5.78 Å². The average molecular weight is 385 g/mol. The van der Waals surface area contributed by atoms with Crippen LogP contribution in [-0.4, -0.2) is 36.2 Å². The van der Waals surface area contributed by atoms with Gasteiger partial charge in [-0.05, 0) is 51.4 Å². The van der Waals surface area contributed by atoms with Crippen molar-refractivity contribution in [1.29, 1.82) is 0 Å². The standard InChI is InChI=1S/C22H28N2O2S/c1-16-14-19(17(2)27-16)21(25)10-11-22(26)23-15-20(24-12-6-7-13-24)18-8-4-3-5-9-18/h3-5,8-9,14,20H,6-7,10-13,15H2,1-2H3,(H,23,26)/t20-/m0/s1. The molecule has 1 fully saturated rings. The Hall–Kier alpha value is -1.98. The number of carbonyl (C=O) groups excluding carboxylic acids is 2. The number of hydrogen-bond donors (Lipinski definition) is 1. The number of nitrogens with one attached hydrogen (secondary N) is 1. The number of amides is 1. The van der Waals surface area contributed by atoms with Gasteiger partial charge in [0, 0.05) is 34.7 Å². The highest BCUT2D eigenvalue weighted by atomic mass is 32.1. The molecule has 0 saturated carbocycles. The third kappa shape index (κ3) is 5.27. The molecule has 1 aliphatic rings. The molecule has 1 aromatic carbocycles. The SMILES string of the molecule is Cc1cc(C(=O)CCC(=O)NC[C@@H](c2ccccc2)N2CCCC2)c(C)s1. The van der Waals surface area contributed by atoms with Crippen LogP contribution in [0.15, 0.2) is 36.4 Å². The first-order valence-corrected chi connectivity index (χ1v) is 10.5. The van der Waals surface area contributed by atoms with E-state index >= 15 is 0 Å². The van der Waals surface area contributed by atoms with E-state index < -0.39 is 0 Å². The van der Waals surface area contributed by atoms with Crippen LogP contribution >= 0.6 is 11.3 Å². The van der Waals surface area contributed by atoms with Gasteiger partial charge < -0.3 is 5.32 Å². The molecule has 0 bridgehead atoms. The van der Waals surface area contributed by atoms with E-state index in [2.05, 4.69) is 22.3 Å². The van der Waals surface area contributed by atoms with E-state index in [1.807, 2.05) is 38.1 Å². The Morgan fingerprint density at radius 2 is 1.81 bits per heavy atom. The van der Waals surface area contributed by atoms with Crippen molar-refractivity contribution in [2.75, 3.05) is 19.6 Å². The second kappa shape index (κ2) is 9.29. The van der Waals surface area contributed by atoms with E-state index in [1.165, 1.54) is 18.4 Å². The second-order valence-corrected chi connectivity index (χ2v) is 8.68. The molecule has 0 radical (unpaired) electrons. The number of hydrogen-bond acceptors (Lipinski definition) is 4. The number of aryl methyl sites for hydroxylation is 2. The van der Waals surface area contributed by atoms with Crippen molar-refractivity contribution in [3.8, 4) is 0 Å². The number of benzene rings is 1. The van der Waals surface area contributed by atoms with Crippen molar-refractivity contribution in [3.63, 3.8) is 0 Å². The number of rotatable bonds is 8. The van der Waals surface area contributed by atoms with Gasteiger partial charge in [-0.25, -0.2) is 0 Å². The topological polar surface area (TPSA) is 49.4 Å². The normalized spacial score (nSPS) is 15.6. The number of thiophene rings is 1. The van der Waals surface area contributed by atoms with E-state index in [-0.39, 0.29) is 30.6 Å². The summed E-state index contributed by atoms with van der Waals surface area (Å²) < 4.78 is 0. The Balaban J connectivity index is 1.53. The fourth-order valence-electron chi connectivity index (χ4n) is 3.75. The van der Waals surface area contributed by atoms with Gasteiger partial charge in [0.2, 0.25) is 5.91 Å². The van der Waals surface area contributed by atoms with Gasteiger partial charge in [-0.1, -0.05) is 30.3 Å². The molecule has 3 rings (SSSR count). The van der Waals surface area contributed by atoms with Gasteiger partial charge >= 0.3 is 0 Å². The third-order valence-corrected chi connectivity index (χ3v) is 6.14. The monoisotopic (exact) mass is 384 g/mol. The largest absolute Gasteiger partial charge is 0.354 e. The van der Waals surface area contributed by atoms with Crippen molar-refractivity contribution in [2.24, 2.45) is 0 Å². The van der Waals surface area contributed by atoms with Crippen molar-refractivity contribution >= 4 is 23.0 Å². The lowest BCUT2D eigenvalue weighted by Gasteiger charge is -2.28. The molecular weight excluding hydrogens is 356 g/mol. The third-order valence-electron chi connectivity index (χ3n) is 5.18. The fraction of sp³-hybridized carbons (Fsp3) is 0.455. The Morgan fingerprint density at radius 1 is 1.11 bits per heavy atom. The maximum atomic E-state index is 12.4. The summed E-state index contributed by atoms with van der Waals surface area (Å²) in [7, 11) is 0. The maximum absolute atomic E-state index is 12.4. The Bertz CT molecular complexity index is 779. The summed E-state index contributed by atoms with van der Waals surface area (Å²) in [6, 6.07) is 12.5. The zero-order valence-corrected chi connectivity index (χ0v) is 17.0. The summed E-state index contributed by atoms with van der Waals surface area (Å²) in [5.74, 6) is 0.0132. The Labute approximate surface area is 165 Å². The van der Waals surface area contributed by atoms with Crippen LogP contribution in [0.3, 0.4) is 0 Å². The van der Waals surface area contributed by atoms with Gasteiger partial charge in [-0.15, -0.1) is 11.3 Å². The first-order valence-electron chi connectivity index (χ1n) is 9.70. The van der Waals surface area contributed by atoms with Crippen LogP contribution in [-0.2, 0) is 4.79 Å². The highest BCUT2D eigenvalue weighted by molar-refractivity contribution is 7.12. The minimum absolute atomic E-state index is 0.0481. The molecule has 0 unspecified atom stereocenters. The van der Waals surface area contributed by atoms with E-state index in [4.69, 9.17) is 0 Å². The molecule has 1 aliphatic heterocycles. The lowest BCUT2D eigenvalue weighted by Crippen LogP contribution is -2.36. The highest BCUT2D eigenvalue weighted by Gasteiger charge is 2.24. The van der Waals surface area contributed by atoms with Crippen LogP contribution < -0.4 is 5.32 Å². The quantitative estimate of drug-likeness (QED) is 0.691. The average Bonchev–Trinajstić information content (AvgIpc) is 3.30. The number of nitrogens with zero attached hydrogens (tertiary/aromatic N) is 1. The zero-order valence-electron chi connectivity index (χ0n) is 16.2. The van der Waals surface area contributed by atoms with E-state index in [9.17, 15) is 9.59 Å². The van der Waals surface area contributed by atoms with Gasteiger partial charge in [0.1, 0.15) is 0 Å². The van der Waals surface area contributed by atoms with Crippen molar-refractivity contribution < 1.29 is 9.59 Å². The molecule has 1 amide bonds. The molecule has 1 N–H and O–H groups in total. The Morgan fingerprint density at radius 3 is 2.44 bits per heavy atom. The van der Waals surface area contributed by atoms with E-state index in [0.717, 1.165) is 28.4 Å². The van der Waals surface area contributed by atoms with Crippen molar-refractivity contribution in [2.45, 2.75) is 45.6 Å². The highest BCUT2D eigenvalue weighted by Crippen LogP contribution is 2.25. The minimum atomic E-state index is -0.0481. The smallest absolute Gasteiger partial charge is 0.220 e. The van der Waals surface area contributed by atoms with E-state index in [1.54, 1.807) is 11.3 Å². The fourth-order valence-corrected chi connectivity index (χ4v) is 4.70. The van der Waals surface area contributed by atoms with Gasteiger partial charge in [-0.3, -0.25) is 14.5 Å². The van der Waals surface area contributed by atoms with Crippen LogP contribution in [0.4, 0.5) is 0 Å². The molecule has 1 atom stereocenters. The van der Waals surface area contributed by atoms with Gasteiger partial charge in [0.25, 0.3) is 0 Å². The molecule has 27 heavy (non-hydrogen) atoms. The van der Waals surface area contributed by atoms with Crippen molar-refractivity contribution in [1.82, 2.24) is 10.2 Å². The van der Waals surface area contributed by atoms with Crippen LogP contribution in [0.25, 0.3) is 0 Å². The maximum Gasteiger partial charge on any atom is 0.220 e. The van der Waals surface area contributed by atoms with Crippen LogP contribution in [0.2, 0.25) is 0 Å². The molecule has 5 heteroatoms. The molecule has 144 valence electrons. The number of ketones is 1. The number of carbonyl (C=O) groups is 2. The molecular formula is C22H28N2O2S. The summed E-state index contributed by atoms with van der Waals surface area (Å²) in [5, 5.41) is 3.05. The molecule has 2 heterocycles. The minimum Gasteiger partial charge on any atom is -0.354 e. The predicted octanol–water partition coefficient (Wildman–Crippen LogP) is 4.28. The van der Waals surface area contributed by atoms with Crippen LogP contribution in [0, 0.1) is 13.8 Å². The van der Waals surface area contributed by atoms with Crippen molar-refractivity contribution in [3.05, 3.63) is 57.3 Å². The summed E-state index contributed by atoms with van der Waals surface area (Å²) in [4.78, 5) is 29.3. The first kappa shape index (κ1) is 19.8. The number of likely N-dealkylation sites (tertiary alicyclic amines) is 1. The summed E-state index contributed by atoms with van der Waals surface area (Å²) in [5.41, 5.74) is 2.00. The molecule has 0 aliphatic carbocycles. The zero-order chi connectivity index (χ0) is 19.2. The second-order valence-electron chi connectivity index (χ2n) is 7.22. The summed E-state index contributed by atoms with van der Waals surface area (Å²) >= 11 is 1.63. The van der Waals surface area contributed by atoms with Gasteiger partial charge in [0.05, 0.1) is 6.04 Å². The van der Waals surface area contributed by atoms with Gasteiger partial charge in [-0.2, -0.15) is 0 Å². The molecule has 0 spiro atoms. The van der Waals surface area contributed by atoms with E-state index in [0.29, 0.717) is 6.54 Å².